The summed E-state index contributed by atoms with van der Waals surface area (Å²) in [5.41, 5.74) is 1.25. The average Bonchev–Trinajstić information content (AvgIpc) is 2.73. The summed E-state index contributed by atoms with van der Waals surface area (Å²) < 4.78 is 7.28. The molecule has 4 nitrogen and oxygen atoms in total. The Bertz CT molecular complexity index is 286. The zero-order valence-electron chi connectivity index (χ0n) is 10.6. The Kier molecular flexibility index (Phi) is 6.11. The third-order valence-electron chi connectivity index (χ3n) is 2.54. The maximum atomic E-state index is 5.29. The van der Waals surface area contributed by atoms with E-state index in [-0.39, 0.29) is 0 Å². The number of nitrogens with zero attached hydrogens (tertiary/aromatic N) is 2. The topological polar surface area (TPSA) is 39.1 Å². The predicted molar refractivity (Wildman–Crippen MR) is 65.4 cm³/mol. The lowest BCUT2D eigenvalue weighted by Crippen LogP contribution is -2.17. The molecule has 0 amide bonds. The number of rotatable bonds is 8. The van der Waals surface area contributed by atoms with Crippen LogP contribution in [0.5, 0.6) is 0 Å². The Morgan fingerprint density at radius 3 is 3.00 bits per heavy atom. The fourth-order valence-corrected chi connectivity index (χ4v) is 1.62. The smallest absolute Gasteiger partial charge is 0.0537 e. The quantitative estimate of drug-likeness (QED) is 0.688. The van der Waals surface area contributed by atoms with Crippen molar-refractivity contribution in [3.63, 3.8) is 0 Å². The van der Waals surface area contributed by atoms with Crippen LogP contribution in [0.4, 0.5) is 0 Å². The van der Waals surface area contributed by atoms with Crippen molar-refractivity contribution in [3.05, 3.63) is 18.0 Å². The summed E-state index contributed by atoms with van der Waals surface area (Å²) in [4.78, 5) is 0. The molecule has 16 heavy (non-hydrogen) atoms. The number of hydrogen-bond acceptors (Lipinski definition) is 3. The molecule has 1 rings (SSSR count). The molecule has 0 saturated carbocycles. The molecule has 4 heteroatoms. The Morgan fingerprint density at radius 1 is 1.50 bits per heavy atom. The van der Waals surface area contributed by atoms with Crippen LogP contribution < -0.4 is 5.32 Å². The number of aromatic nitrogens is 2. The highest BCUT2D eigenvalue weighted by Gasteiger charge is 2.05. The lowest BCUT2D eigenvalue weighted by atomic mass is 10.2. The van der Waals surface area contributed by atoms with Gasteiger partial charge in [0.25, 0.3) is 0 Å². The van der Waals surface area contributed by atoms with Gasteiger partial charge in [0.15, 0.2) is 0 Å². The maximum absolute atomic E-state index is 5.29. The van der Waals surface area contributed by atoms with Gasteiger partial charge in [0.05, 0.1) is 6.20 Å². The summed E-state index contributed by atoms with van der Waals surface area (Å²) in [7, 11) is 0. The predicted octanol–water partition coefficient (Wildman–Crippen LogP) is 1.98. The van der Waals surface area contributed by atoms with E-state index >= 15 is 0 Å². The molecule has 0 saturated heterocycles. The molecule has 0 radical (unpaired) electrons. The minimum Gasteiger partial charge on any atom is -0.382 e. The van der Waals surface area contributed by atoms with E-state index in [1.165, 1.54) is 5.56 Å². The highest BCUT2D eigenvalue weighted by molar-refractivity contribution is 5.08. The molecule has 0 aliphatic rings. The third-order valence-corrected chi connectivity index (χ3v) is 2.54. The summed E-state index contributed by atoms with van der Waals surface area (Å²) in [6.45, 7) is 9.81. The van der Waals surface area contributed by atoms with Crippen LogP contribution in [0, 0.1) is 0 Å². The fourth-order valence-electron chi connectivity index (χ4n) is 1.62. The Labute approximate surface area is 98.0 Å². The fraction of sp³-hybridized carbons (Fsp3) is 0.750. The molecule has 1 heterocycles. The number of ether oxygens (including phenoxy) is 1. The first kappa shape index (κ1) is 13.2. The third kappa shape index (κ3) is 4.33. The number of nitrogens with one attached hydrogen (secondary N) is 1. The molecule has 1 unspecified atom stereocenters. The molecular weight excluding hydrogens is 202 g/mol. The van der Waals surface area contributed by atoms with Gasteiger partial charge in [-0.1, -0.05) is 6.92 Å². The van der Waals surface area contributed by atoms with Crippen molar-refractivity contribution in [2.45, 2.75) is 39.8 Å². The Morgan fingerprint density at radius 2 is 2.31 bits per heavy atom. The van der Waals surface area contributed by atoms with E-state index in [9.17, 15) is 0 Å². The Balaban J connectivity index is 2.33. The summed E-state index contributed by atoms with van der Waals surface area (Å²) in [6, 6.07) is 0.380. The lowest BCUT2D eigenvalue weighted by Gasteiger charge is -2.08. The van der Waals surface area contributed by atoms with Crippen molar-refractivity contribution in [2.24, 2.45) is 0 Å². The largest absolute Gasteiger partial charge is 0.382 e. The van der Waals surface area contributed by atoms with E-state index in [1.807, 2.05) is 17.8 Å². The molecule has 1 aromatic rings. The molecule has 0 aliphatic heterocycles. The van der Waals surface area contributed by atoms with E-state index in [4.69, 9.17) is 4.74 Å². The molecule has 0 bridgehead atoms. The van der Waals surface area contributed by atoms with Crippen molar-refractivity contribution in [2.75, 3.05) is 19.8 Å². The molecule has 0 aromatic carbocycles. The second kappa shape index (κ2) is 7.41. The van der Waals surface area contributed by atoms with Gasteiger partial charge < -0.3 is 10.1 Å². The van der Waals surface area contributed by atoms with Gasteiger partial charge in [-0.2, -0.15) is 5.10 Å². The maximum Gasteiger partial charge on any atom is 0.0537 e. The van der Waals surface area contributed by atoms with Gasteiger partial charge in [-0.3, -0.25) is 4.68 Å². The van der Waals surface area contributed by atoms with Gasteiger partial charge in [-0.25, -0.2) is 0 Å². The zero-order valence-corrected chi connectivity index (χ0v) is 10.6. The molecule has 1 atom stereocenters. The molecule has 0 spiro atoms. The van der Waals surface area contributed by atoms with Gasteiger partial charge in [-0.15, -0.1) is 0 Å². The second-order valence-electron chi connectivity index (χ2n) is 3.87. The van der Waals surface area contributed by atoms with E-state index in [2.05, 4.69) is 30.5 Å². The van der Waals surface area contributed by atoms with Crippen LogP contribution in [-0.2, 0) is 11.3 Å². The monoisotopic (exact) mass is 225 g/mol. The van der Waals surface area contributed by atoms with Gasteiger partial charge in [0, 0.05) is 37.6 Å². The van der Waals surface area contributed by atoms with Crippen LogP contribution in [0.25, 0.3) is 0 Å². The van der Waals surface area contributed by atoms with Crippen LogP contribution in [0.3, 0.4) is 0 Å². The second-order valence-corrected chi connectivity index (χ2v) is 3.87. The molecular formula is C12H23N3O. The standard InChI is InChI=1S/C12H23N3O/c1-4-13-11(3)12-9-14-15(10-12)7-6-8-16-5-2/h9-11,13H,4-8H2,1-3H3. The van der Waals surface area contributed by atoms with E-state index in [0.717, 1.165) is 32.7 Å². The van der Waals surface area contributed by atoms with Crippen molar-refractivity contribution in [1.82, 2.24) is 15.1 Å². The van der Waals surface area contributed by atoms with Gasteiger partial charge in [0.1, 0.15) is 0 Å². The van der Waals surface area contributed by atoms with Crippen LogP contribution in [0.15, 0.2) is 12.4 Å². The molecule has 0 aliphatic carbocycles. The molecule has 0 fully saturated rings. The summed E-state index contributed by atoms with van der Waals surface area (Å²) in [6.07, 6.45) is 5.07. The minimum absolute atomic E-state index is 0.380. The van der Waals surface area contributed by atoms with E-state index < -0.39 is 0 Å². The van der Waals surface area contributed by atoms with E-state index in [1.54, 1.807) is 0 Å². The van der Waals surface area contributed by atoms with Crippen LogP contribution in [-0.4, -0.2) is 29.5 Å². The highest BCUT2D eigenvalue weighted by atomic mass is 16.5. The van der Waals surface area contributed by atoms with Crippen molar-refractivity contribution in [3.8, 4) is 0 Å². The van der Waals surface area contributed by atoms with Crippen LogP contribution in [0.2, 0.25) is 0 Å². The first-order valence-electron chi connectivity index (χ1n) is 6.11. The van der Waals surface area contributed by atoms with Crippen molar-refractivity contribution < 1.29 is 4.74 Å². The minimum atomic E-state index is 0.380. The number of aryl methyl sites for hydroxylation is 1. The van der Waals surface area contributed by atoms with Crippen molar-refractivity contribution in [1.29, 1.82) is 0 Å². The first-order valence-corrected chi connectivity index (χ1v) is 6.11. The normalized spacial score (nSPS) is 12.9. The average molecular weight is 225 g/mol. The molecule has 1 N–H and O–H groups in total. The number of hydrogen-bond donors (Lipinski definition) is 1. The van der Waals surface area contributed by atoms with Crippen LogP contribution in [0.1, 0.15) is 38.8 Å². The van der Waals surface area contributed by atoms with Gasteiger partial charge in [-0.05, 0) is 26.8 Å². The molecule has 1 aromatic heterocycles. The first-order chi connectivity index (χ1) is 7.77. The van der Waals surface area contributed by atoms with Gasteiger partial charge >= 0.3 is 0 Å². The van der Waals surface area contributed by atoms with Gasteiger partial charge in [0.2, 0.25) is 0 Å². The summed E-state index contributed by atoms with van der Waals surface area (Å²) >= 11 is 0. The zero-order chi connectivity index (χ0) is 11.8. The summed E-state index contributed by atoms with van der Waals surface area (Å²) in [5, 5.41) is 7.71. The van der Waals surface area contributed by atoms with E-state index in [0.29, 0.717) is 6.04 Å². The summed E-state index contributed by atoms with van der Waals surface area (Å²) in [5.74, 6) is 0. The molecule has 92 valence electrons. The van der Waals surface area contributed by atoms with Crippen molar-refractivity contribution >= 4 is 0 Å². The lowest BCUT2D eigenvalue weighted by molar-refractivity contribution is 0.141. The highest BCUT2D eigenvalue weighted by Crippen LogP contribution is 2.10. The Hall–Kier alpha value is -0.870. The SMILES string of the molecule is CCNC(C)c1cnn(CCCOCC)c1. The van der Waals surface area contributed by atoms with Crippen LogP contribution >= 0.6 is 0 Å².